The summed E-state index contributed by atoms with van der Waals surface area (Å²) in [7, 11) is 1.73. The zero-order valence-corrected chi connectivity index (χ0v) is 22.3. The highest BCUT2D eigenvalue weighted by atomic mass is 19.1. The fourth-order valence-electron chi connectivity index (χ4n) is 5.53. The van der Waals surface area contributed by atoms with Gasteiger partial charge >= 0.3 is 6.01 Å². The minimum Gasteiger partial charge on any atom is -0.463 e. The first-order valence-electron chi connectivity index (χ1n) is 13.3. The molecule has 2 aliphatic heterocycles. The number of hydrogen-bond acceptors (Lipinski definition) is 8. The first kappa shape index (κ1) is 25.4. The number of rotatable bonds is 6. The molecule has 0 spiro atoms. The van der Waals surface area contributed by atoms with Crippen LogP contribution in [0.4, 0.5) is 15.8 Å². The number of benzene rings is 2. The molecule has 0 radical (unpaired) electrons. The number of anilines is 2. The van der Waals surface area contributed by atoms with Gasteiger partial charge < -0.3 is 25.0 Å². The molecule has 2 fully saturated rings. The van der Waals surface area contributed by atoms with Gasteiger partial charge in [0.05, 0.1) is 24.3 Å². The molecule has 2 saturated heterocycles. The number of halogens is 1. The second-order valence-corrected chi connectivity index (χ2v) is 10.6. The topological polar surface area (TPSA) is 106 Å². The Morgan fingerprint density at radius 2 is 2.05 bits per heavy atom. The molecular formula is C28H32FN7O3. The number of carbonyl (C=O) groups excluding carboxylic acids is 1. The summed E-state index contributed by atoms with van der Waals surface area (Å²) in [5.74, 6) is -0.607. The Kier molecular flexibility index (Phi) is 6.78. The second kappa shape index (κ2) is 10.4. The molecule has 10 nitrogen and oxygen atoms in total. The Morgan fingerprint density at radius 3 is 2.82 bits per heavy atom. The molecule has 0 aliphatic carbocycles. The third kappa shape index (κ3) is 5.24. The third-order valence-electron chi connectivity index (χ3n) is 7.25. The molecule has 4 aromatic rings. The van der Waals surface area contributed by atoms with Crippen LogP contribution in [-0.2, 0) is 11.8 Å². The Balaban J connectivity index is 1.36. The maximum atomic E-state index is 14.7. The van der Waals surface area contributed by atoms with Crippen LogP contribution in [-0.4, -0.2) is 70.6 Å². The molecule has 2 aliphatic rings. The van der Waals surface area contributed by atoms with Crippen molar-refractivity contribution in [1.29, 1.82) is 0 Å². The van der Waals surface area contributed by atoms with Crippen LogP contribution in [0.3, 0.4) is 0 Å². The number of ether oxygens (including phenoxy) is 2. The number of aryl methyl sites for hydroxylation is 1. The highest BCUT2D eigenvalue weighted by molar-refractivity contribution is 6.14. The molecule has 3 atom stereocenters. The molecule has 11 heteroatoms. The summed E-state index contributed by atoms with van der Waals surface area (Å²) in [6, 6.07) is 7.52. The highest BCUT2D eigenvalue weighted by Crippen LogP contribution is 2.31. The molecule has 6 rings (SSSR count). The number of aromatic nitrogens is 4. The van der Waals surface area contributed by atoms with E-state index in [1.807, 2.05) is 6.07 Å². The summed E-state index contributed by atoms with van der Waals surface area (Å²) in [5.41, 5.74) is 2.39. The summed E-state index contributed by atoms with van der Waals surface area (Å²) in [5, 5.41) is 11.9. The largest absolute Gasteiger partial charge is 0.463 e. The van der Waals surface area contributed by atoms with E-state index in [1.54, 1.807) is 36.3 Å². The highest BCUT2D eigenvalue weighted by Gasteiger charge is 2.25. The SMILES string of the molecule is C[C@@H]1CN(c2ccc(C(=O)Nc3cc(F)c4nn(C)cc4c3)c3nc(OC[C@@H]4CCOC4)ncc23)C[C@H](C)N1. The van der Waals surface area contributed by atoms with Crippen molar-refractivity contribution in [2.45, 2.75) is 32.4 Å². The summed E-state index contributed by atoms with van der Waals surface area (Å²) >= 11 is 0. The quantitative estimate of drug-likeness (QED) is 0.388. The van der Waals surface area contributed by atoms with E-state index >= 15 is 0 Å². The number of fused-ring (bicyclic) bond motifs is 2. The number of nitrogens with one attached hydrogen (secondary N) is 2. The molecule has 4 heterocycles. The van der Waals surface area contributed by atoms with Gasteiger partial charge in [-0.05, 0) is 44.5 Å². The molecule has 2 aromatic heterocycles. The van der Waals surface area contributed by atoms with Gasteiger partial charge in [0.2, 0.25) is 0 Å². The Hall–Kier alpha value is -3.83. The Morgan fingerprint density at radius 1 is 1.23 bits per heavy atom. The van der Waals surface area contributed by atoms with Gasteiger partial charge in [-0.1, -0.05) is 0 Å². The van der Waals surface area contributed by atoms with Crippen LogP contribution < -0.4 is 20.3 Å². The standard InChI is InChI=1S/C28H32FN7O3/c1-16-11-36(12-17(2)31-16)24-5-4-21(26-22(24)10-30-28(33-26)39-15-18-6-7-38-14-18)27(37)32-20-8-19-13-35(3)34-25(19)23(29)9-20/h4-5,8-10,13,16-18,31H,6-7,11-12,14-15H2,1-3H3,(H,32,37)/t16-,17+,18-/m1/s1. The maximum Gasteiger partial charge on any atom is 0.316 e. The second-order valence-electron chi connectivity index (χ2n) is 10.6. The van der Waals surface area contributed by atoms with Gasteiger partial charge in [-0.2, -0.15) is 10.1 Å². The van der Waals surface area contributed by atoms with Crippen molar-refractivity contribution in [3.05, 3.63) is 48.0 Å². The lowest BCUT2D eigenvalue weighted by Crippen LogP contribution is -2.54. The number of hydrogen-bond donors (Lipinski definition) is 2. The summed E-state index contributed by atoms with van der Waals surface area (Å²) in [6.45, 7) is 7.77. The predicted molar refractivity (Wildman–Crippen MR) is 147 cm³/mol. The molecular weight excluding hydrogens is 501 g/mol. The number of amides is 1. The van der Waals surface area contributed by atoms with Gasteiger partial charge in [0.15, 0.2) is 5.82 Å². The minimum absolute atomic E-state index is 0.213. The lowest BCUT2D eigenvalue weighted by atomic mass is 10.0. The van der Waals surface area contributed by atoms with Crippen molar-refractivity contribution >= 4 is 39.1 Å². The van der Waals surface area contributed by atoms with Crippen molar-refractivity contribution in [3.8, 4) is 6.01 Å². The van der Waals surface area contributed by atoms with Gasteiger partial charge in [0.1, 0.15) is 5.52 Å². The van der Waals surface area contributed by atoms with Crippen molar-refractivity contribution in [2.24, 2.45) is 13.0 Å². The zero-order valence-electron chi connectivity index (χ0n) is 22.3. The molecule has 2 N–H and O–H groups in total. The molecule has 2 aromatic carbocycles. The summed E-state index contributed by atoms with van der Waals surface area (Å²) in [6.07, 6.45) is 4.37. The Bertz CT molecular complexity index is 1520. The molecule has 0 saturated carbocycles. The molecule has 0 bridgehead atoms. The molecule has 1 amide bonds. The van der Waals surface area contributed by atoms with Crippen LogP contribution in [0.25, 0.3) is 21.8 Å². The number of piperazine rings is 1. The van der Waals surface area contributed by atoms with E-state index in [1.165, 1.54) is 6.07 Å². The van der Waals surface area contributed by atoms with E-state index in [0.29, 0.717) is 53.4 Å². The van der Waals surface area contributed by atoms with Crippen LogP contribution in [0.5, 0.6) is 6.01 Å². The Labute approximate surface area is 225 Å². The zero-order chi connectivity index (χ0) is 27.1. The summed E-state index contributed by atoms with van der Waals surface area (Å²) in [4.78, 5) is 25.0. The van der Waals surface area contributed by atoms with Crippen LogP contribution in [0.2, 0.25) is 0 Å². The van der Waals surface area contributed by atoms with E-state index in [9.17, 15) is 9.18 Å². The fourth-order valence-corrected chi connectivity index (χ4v) is 5.53. The minimum atomic E-state index is -0.501. The average Bonchev–Trinajstić information content (AvgIpc) is 3.55. The van der Waals surface area contributed by atoms with Gasteiger partial charge in [0.25, 0.3) is 5.91 Å². The maximum absolute atomic E-state index is 14.7. The van der Waals surface area contributed by atoms with Crippen molar-refractivity contribution in [3.63, 3.8) is 0 Å². The number of nitrogens with zero attached hydrogens (tertiary/aromatic N) is 5. The lowest BCUT2D eigenvalue weighted by molar-refractivity contribution is 0.102. The van der Waals surface area contributed by atoms with Crippen molar-refractivity contribution < 1.29 is 18.7 Å². The van der Waals surface area contributed by atoms with Gasteiger partial charge in [0, 0.05) is 79.3 Å². The smallest absolute Gasteiger partial charge is 0.316 e. The van der Waals surface area contributed by atoms with Crippen molar-refractivity contribution in [2.75, 3.05) is 43.1 Å². The monoisotopic (exact) mass is 533 g/mol. The molecule has 39 heavy (non-hydrogen) atoms. The van der Waals surface area contributed by atoms with E-state index in [4.69, 9.17) is 14.5 Å². The van der Waals surface area contributed by atoms with E-state index in [0.717, 1.165) is 37.2 Å². The first-order valence-corrected chi connectivity index (χ1v) is 13.3. The lowest BCUT2D eigenvalue weighted by Gasteiger charge is -2.38. The van der Waals surface area contributed by atoms with Crippen molar-refractivity contribution in [1.82, 2.24) is 25.1 Å². The van der Waals surface area contributed by atoms with E-state index in [2.05, 4.69) is 39.5 Å². The summed E-state index contributed by atoms with van der Waals surface area (Å²) < 4.78 is 27.6. The van der Waals surface area contributed by atoms with Crippen LogP contribution in [0.1, 0.15) is 30.6 Å². The van der Waals surface area contributed by atoms with Gasteiger partial charge in [-0.3, -0.25) is 9.48 Å². The van der Waals surface area contributed by atoms with Gasteiger partial charge in [-0.25, -0.2) is 9.37 Å². The van der Waals surface area contributed by atoms with Crippen LogP contribution in [0.15, 0.2) is 36.7 Å². The average molecular weight is 534 g/mol. The van der Waals surface area contributed by atoms with E-state index < -0.39 is 11.7 Å². The normalized spacial score (nSPS) is 21.5. The van der Waals surface area contributed by atoms with E-state index in [-0.39, 0.29) is 11.5 Å². The van der Waals surface area contributed by atoms with Crippen LogP contribution >= 0.6 is 0 Å². The van der Waals surface area contributed by atoms with Crippen LogP contribution in [0, 0.1) is 11.7 Å². The molecule has 0 unspecified atom stereocenters. The fraction of sp³-hybridized carbons (Fsp3) is 0.429. The molecule has 204 valence electrons. The van der Waals surface area contributed by atoms with Gasteiger partial charge in [-0.15, -0.1) is 0 Å². The third-order valence-corrected chi connectivity index (χ3v) is 7.25. The number of carbonyl (C=O) groups is 1. The predicted octanol–water partition coefficient (Wildman–Crippen LogP) is 3.51. The first-order chi connectivity index (χ1) is 18.8.